The molecule has 0 bridgehead atoms. The Bertz CT molecular complexity index is 1190. The summed E-state index contributed by atoms with van der Waals surface area (Å²) in [4.78, 5) is 39.2. The number of carbonyl (C=O) groups is 3. The maximum absolute atomic E-state index is 13.8. The number of aryl methyl sites for hydroxylation is 2. The van der Waals surface area contributed by atoms with Crippen LogP contribution in [0.15, 0.2) is 48.5 Å². The van der Waals surface area contributed by atoms with Gasteiger partial charge in [-0.3, -0.25) is 19.8 Å². The normalized spacial score (nSPS) is 13.8. The van der Waals surface area contributed by atoms with Crippen molar-refractivity contribution in [3.8, 4) is 0 Å². The first-order valence-electron chi connectivity index (χ1n) is 15.0. The molecule has 4 atom stereocenters. The third-order valence-electron chi connectivity index (χ3n) is 7.54. The highest BCUT2D eigenvalue weighted by Crippen LogP contribution is 2.21. The van der Waals surface area contributed by atoms with Crippen LogP contribution >= 0.6 is 0 Å². The highest BCUT2D eigenvalue weighted by Gasteiger charge is 2.29. The van der Waals surface area contributed by atoms with E-state index in [1.165, 1.54) is 0 Å². The molecule has 12 N–H and O–H groups in total. The van der Waals surface area contributed by atoms with Crippen molar-refractivity contribution in [1.29, 1.82) is 5.41 Å². The number of carbonyl (C=O) groups excluding carboxylic acids is 3. The summed E-state index contributed by atoms with van der Waals surface area (Å²) < 4.78 is 0. The second kappa shape index (κ2) is 18.6. The molecule has 2 aromatic carbocycles. The van der Waals surface area contributed by atoms with Gasteiger partial charge in [-0.2, -0.15) is 0 Å². The average molecular weight is 595 g/mol. The molecule has 0 spiro atoms. The Morgan fingerprint density at radius 3 is 2.23 bits per heavy atom. The van der Waals surface area contributed by atoms with Crippen LogP contribution < -0.4 is 38.9 Å². The van der Waals surface area contributed by atoms with Crippen LogP contribution in [0.25, 0.3) is 0 Å². The summed E-state index contributed by atoms with van der Waals surface area (Å²) in [7, 11) is 0. The highest BCUT2D eigenvalue weighted by atomic mass is 16.2. The minimum absolute atomic E-state index is 0.135. The summed E-state index contributed by atoms with van der Waals surface area (Å²) in [6, 6.07) is 13.7. The zero-order valence-corrected chi connectivity index (χ0v) is 25.5. The monoisotopic (exact) mass is 594 g/mol. The Morgan fingerprint density at radius 1 is 0.884 bits per heavy atom. The maximum Gasteiger partial charge on any atom is 0.239 e. The van der Waals surface area contributed by atoms with Crippen LogP contribution in [0.1, 0.15) is 60.8 Å². The van der Waals surface area contributed by atoms with Crippen LogP contribution in [0.5, 0.6) is 0 Å². The van der Waals surface area contributed by atoms with Crippen LogP contribution in [0.4, 0.5) is 0 Å². The van der Waals surface area contributed by atoms with E-state index in [0.717, 1.165) is 28.7 Å². The number of benzene rings is 2. The first-order valence-corrected chi connectivity index (χ1v) is 15.0. The third kappa shape index (κ3) is 13.3. The Labute approximate surface area is 255 Å². The number of nitrogens with one attached hydrogen (secondary N) is 4. The second-order valence-corrected chi connectivity index (χ2v) is 11.3. The summed E-state index contributed by atoms with van der Waals surface area (Å²) in [6.45, 7) is 4.95. The fourth-order valence-electron chi connectivity index (χ4n) is 5.12. The predicted molar refractivity (Wildman–Crippen MR) is 171 cm³/mol. The van der Waals surface area contributed by atoms with Gasteiger partial charge in [0, 0.05) is 18.5 Å². The summed E-state index contributed by atoms with van der Waals surface area (Å²) >= 11 is 0. The molecule has 2 rings (SSSR count). The quantitative estimate of drug-likeness (QED) is 0.0676. The minimum Gasteiger partial charge on any atom is -0.370 e. The van der Waals surface area contributed by atoms with Gasteiger partial charge in [0.1, 0.15) is 6.04 Å². The zero-order chi connectivity index (χ0) is 31.8. The molecule has 0 heterocycles. The molecule has 0 radical (unpaired) electrons. The van der Waals surface area contributed by atoms with Crippen LogP contribution in [0.2, 0.25) is 0 Å². The van der Waals surface area contributed by atoms with E-state index in [0.29, 0.717) is 58.0 Å². The van der Waals surface area contributed by atoms with E-state index in [4.69, 9.17) is 28.3 Å². The molecule has 43 heavy (non-hydrogen) atoms. The SMILES string of the molecule is Cc1ccc(CC(CC(CCCNC(=N)N)NC(=O)C(N)Cc2ccccc2)C(=O)NC(CCCCN)C(N)=O)c(C)c1. The van der Waals surface area contributed by atoms with E-state index in [9.17, 15) is 14.4 Å². The number of hydrogen-bond acceptors (Lipinski definition) is 6. The average Bonchev–Trinajstić information content (AvgIpc) is 2.95. The van der Waals surface area contributed by atoms with Crippen LogP contribution in [0, 0.1) is 25.2 Å². The van der Waals surface area contributed by atoms with Crippen molar-refractivity contribution in [2.75, 3.05) is 13.1 Å². The molecule has 4 unspecified atom stereocenters. The molecule has 0 aromatic heterocycles. The van der Waals surface area contributed by atoms with Crippen molar-refractivity contribution < 1.29 is 14.4 Å². The maximum atomic E-state index is 13.8. The van der Waals surface area contributed by atoms with E-state index in [1.807, 2.05) is 56.3 Å². The van der Waals surface area contributed by atoms with E-state index >= 15 is 0 Å². The van der Waals surface area contributed by atoms with Crippen molar-refractivity contribution in [2.45, 2.75) is 83.3 Å². The minimum atomic E-state index is -0.812. The lowest BCUT2D eigenvalue weighted by molar-refractivity contribution is -0.130. The molecular weight excluding hydrogens is 544 g/mol. The molecule has 0 saturated carbocycles. The van der Waals surface area contributed by atoms with Crippen molar-refractivity contribution in [1.82, 2.24) is 16.0 Å². The Morgan fingerprint density at radius 2 is 1.60 bits per heavy atom. The van der Waals surface area contributed by atoms with Gasteiger partial charge in [-0.25, -0.2) is 0 Å². The van der Waals surface area contributed by atoms with Gasteiger partial charge in [-0.1, -0.05) is 54.1 Å². The van der Waals surface area contributed by atoms with Crippen molar-refractivity contribution in [2.24, 2.45) is 28.9 Å². The van der Waals surface area contributed by atoms with Crippen LogP contribution in [-0.2, 0) is 27.2 Å². The second-order valence-electron chi connectivity index (χ2n) is 11.3. The molecule has 236 valence electrons. The lowest BCUT2D eigenvalue weighted by atomic mass is 9.87. The lowest BCUT2D eigenvalue weighted by Crippen LogP contribution is -2.50. The summed E-state index contributed by atoms with van der Waals surface area (Å²) in [6.07, 6.45) is 4.01. The Hall–Kier alpha value is -3.96. The first-order chi connectivity index (χ1) is 20.5. The van der Waals surface area contributed by atoms with Crippen LogP contribution in [-0.4, -0.2) is 54.9 Å². The number of hydrogen-bond donors (Lipinski definition) is 8. The summed E-state index contributed by atoms with van der Waals surface area (Å²) in [5.41, 5.74) is 27.1. The predicted octanol–water partition coefficient (Wildman–Crippen LogP) is 1.27. The summed E-state index contributed by atoms with van der Waals surface area (Å²) in [5.74, 6) is -1.90. The van der Waals surface area contributed by atoms with Gasteiger partial charge in [-0.15, -0.1) is 0 Å². The van der Waals surface area contributed by atoms with E-state index in [-0.39, 0.29) is 17.8 Å². The Kier molecular flexibility index (Phi) is 15.2. The van der Waals surface area contributed by atoms with Gasteiger partial charge >= 0.3 is 0 Å². The van der Waals surface area contributed by atoms with Crippen molar-refractivity contribution >= 4 is 23.7 Å². The molecule has 0 fully saturated rings. The number of guanidine groups is 1. The largest absolute Gasteiger partial charge is 0.370 e. The molecule has 3 amide bonds. The van der Waals surface area contributed by atoms with Gasteiger partial charge in [0.05, 0.1) is 6.04 Å². The smallest absolute Gasteiger partial charge is 0.239 e. The Balaban J connectivity index is 2.28. The number of rotatable bonds is 19. The molecule has 11 heteroatoms. The van der Waals surface area contributed by atoms with Crippen molar-refractivity contribution in [3.63, 3.8) is 0 Å². The first kappa shape index (κ1) is 35.2. The number of amides is 3. The number of primary amides is 1. The van der Waals surface area contributed by atoms with Gasteiger partial charge in [-0.05, 0) is 88.4 Å². The summed E-state index contributed by atoms with van der Waals surface area (Å²) in [5, 5.41) is 16.2. The molecule has 2 aromatic rings. The van der Waals surface area contributed by atoms with E-state index < -0.39 is 30.0 Å². The fraction of sp³-hybridized carbons (Fsp3) is 0.500. The highest BCUT2D eigenvalue weighted by molar-refractivity contribution is 5.88. The fourth-order valence-corrected chi connectivity index (χ4v) is 5.12. The molecule has 11 nitrogen and oxygen atoms in total. The topological polar surface area (TPSA) is 215 Å². The zero-order valence-electron chi connectivity index (χ0n) is 25.5. The number of nitrogens with two attached hydrogens (primary N) is 4. The van der Waals surface area contributed by atoms with Crippen LogP contribution in [0.3, 0.4) is 0 Å². The van der Waals surface area contributed by atoms with Gasteiger partial charge in [0.2, 0.25) is 17.7 Å². The number of unbranched alkanes of at least 4 members (excludes halogenated alkanes) is 1. The molecule has 0 aliphatic heterocycles. The molecule has 0 aliphatic carbocycles. The van der Waals surface area contributed by atoms with E-state index in [1.54, 1.807) is 0 Å². The van der Waals surface area contributed by atoms with Gasteiger partial charge < -0.3 is 38.9 Å². The lowest BCUT2D eigenvalue weighted by Gasteiger charge is -2.27. The van der Waals surface area contributed by atoms with Crippen molar-refractivity contribution in [3.05, 3.63) is 70.8 Å². The molecular formula is C32H50N8O3. The van der Waals surface area contributed by atoms with E-state index in [2.05, 4.69) is 22.0 Å². The standard InChI is InChI=1S/C32H50N8O3/c1-21-13-14-24(22(2)17-21)19-25(30(42)40-28(29(35)41)12-6-7-15-33)20-26(11-8-16-38-32(36)37)39-31(43)27(34)18-23-9-4-3-5-10-23/h3-5,9-10,13-14,17,25-28H,6-8,11-12,15-16,18-20,33-34H2,1-2H3,(H2,35,41)(H,39,43)(H,40,42)(H4,36,37,38). The molecule has 0 saturated heterocycles. The third-order valence-corrected chi connectivity index (χ3v) is 7.54. The molecule has 0 aliphatic rings. The van der Waals surface area contributed by atoms with Gasteiger partial charge in [0.15, 0.2) is 5.96 Å². The van der Waals surface area contributed by atoms with Gasteiger partial charge in [0.25, 0.3) is 0 Å².